The molecule has 1 aromatic carbocycles. The summed E-state index contributed by atoms with van der Waals surface area (Å²) in [6.45, 7) is 3.58. The van der Waals surface area contributed by atoms with E-state index in [0.29, 0.717) is 12.1 Å². The summed E-state index contributed by atoms with van der Waals surface area (Å²) >= 11 is 0. The molecule has 2 heteroatoms. The molecule has 1 saturated carbocycles. The summed E-state index contributed by atoms with van der Waals surface area (Å²) in [7, 11) is 0. The van der Waals surface area contributed by atoms with Crippen molar-refractivity contribution in [1.82, 2.24) is 5.32 Å². The Balaban J connectivity index is 1.47. The van der Waals surface area contributed by atoms with Crippen molar-refractivity contribution in [3.05, 3.63) is 29.8 Å². The van der Waals surface area contributed by atoms with Crippen LogP contribution in [0.15, 0.2) is 24.3 Å². The average molecular weight is 270 g/mol. The van der Waals surface area contributed by atoms with Crippen molar-refractivity contribution < 1.29 is 0 Å². The number of hydrogen-bond donors (Lipinski definition) is 1. The van der Waals surface area contributed by atoms with E-state index >= 15 is 0 Å². The van der Waals surface area contributed by atoms with Crippen LogP contribution < -0.4 is 10.2 Å². The van der Waals surface area contributed by atoms with Gasteiger partial charge in [0.2, 0.25) is 0 Å². The Hall–Kier alpha value is -1.02. The lowest BCUT2D eigenvalue weighted by molar-refractivity contribution is 0.325. The zero-order valence-corrected chi connectivity index (χ0v) is 12.5. The molecule has 2 fully saturated rings. The van der Waals surface area contributed by atoms with E-state index in [2.05, 4.69) is 41.4 Å². The summed E-state index contributed by atoms with van der Waals surface area (Å²) in [4.78, 5) is 2.64. The molecule has 1 aliphatic carbocycles. The molecule has 0 spiro atoms. The van der Waals surface area contributed by atoms with Crippen LogP contribution in [-0.2, 0) is 6.42 Å². The largest absolute Gasteiger partial charge is 0.367 e. The maximum absolute atomic E-state index is 3.93. The van der Waals surface area contributed by atoms with Crippen molar-refractivity contribution in [2.24, 2.45) is 5.92 Å². The first-order valence-electron chi connectivity index (χ1n) is 8.42. The molecule has 0 radical (unpaired) electrons. The molecule has 1 N–H and O–H groups in total. The van der Waals surface area contributed by atoms with E-state index in [1.165, 1.54) is 56.3 Å². The molecule has 2 aliphatic heterocycles. The third-order valence-corrected chi connectivity index (χ3v) is 5.71. The van der Waals surface area contributed by atoms with Crippen LogP contribution >= 0.6 is 0 Å². The molecular formula is C18H26N2. The summed E-state index contributed by atoms with van der Waals surface area (Å²) < 4.78 is 0. The molecule has 4 unspecified atom stereocenters. The highest BCUT2D eigenvalue weighted by Gasteiger charge is 2.37. The smallest absolute Gasteiger partial charge is 0.0402 e. The molecule has 0 bridgehead atoms. The molecule has 1 aromatic rings. The molecule has 2 nitrogen and oxygen atoms in total. The van der Waals surface area contributed by atoms with Crippen molar-refractivity contribution in [3.63, 3.8) is 0 Å². The van der Waals surface area contributed by atoms with Gasteiger partial charge in [-0.2, -0.15) is 0 Å². The SMILES string of the molecule is CC1Cc2ccccc2N1CC1CC2CCCCC2N1. The van der Waals surface area contributed by atoms with Gasteiger partial charge in [0.05, 0.1) is 0 Å². The molecule has 2 heterocycles. The van der Waals surface area contributed by atoms with Crippen molar-refractivity contribution in [2.75, 3.05) is 11.4 Å². The lowest BCUT2D eigenvalue weighted by Crippen LogP contribution is -2.42. The Morgan fingerprint density at radius 1 is 1.20 bits per heavy atom. The first-order chi connectivity index (χ1) is 9.81. The van der Waals surface area contributed by atoms with Gasteiger partial charge in [0, 0.05) is 30.4 Å². The van der Waals surface area contributed by atoms with Crippen LogP contribution in [0.25, 0.3) is 0 Å². The van der Waals surface area contributed by atoms with Crippen LogP contribution in [0.4, 0.5) is 5.69 Å². The van der Waals surface area contributed by atoms with E-state index in [1.807, 2.05) is 0 Å². The number of anilines is 1. The number of nitrogens with zero attached hydrogens (tertiary/aromatic N) is 1. The van der Waals surface area contributed by atoms with Crippen LogP contribution in [0.3, 0.4) is 0 Å². The zero-order valence-electron chi connectivity index (χ0n) is 12.5. The minimum atomic E-state index is 0.664. The fourth-order valence-corrected chi connectivity index (χ4v) is 4.72. The van der Waals surface area contributed by atoms with Gasteiger partial charge in [0.15, 0.2) is 0 Å². The van der Waals surface area contributed by atoms with Gasteiger partial charge in [-0.1, -0.05) is 31.0 Å². The van der Waals surface area contributed by atoms with Crippen LogP contribution in [0.2, 0.25) is 0 Å². The van der Waals surface area contributed by atoms with Crippen LogP contribution in [0.5, 0.6) is 0 Å². The topological polar surface area (TPSA) is 15.3 Å². The monoisotopic (exact) mass is 270 g/mol. The number of rotatable bonds is 2. The number of nitrogens with one attached hydrogen (secondary N) is 1. The van der Waals surface area contributed by atoms with Gasteiger partial charge < -0.3 is 10.2 Å². The lowest BCUT2D eigenvalue weighted by Gasteiger charge is -2.28. The second-order valence-corrected chi connectivity index (χ2v) is 7.08. The summed E-state index contributed by atoms with van der Waals surface area (Å²) in [6, 6.07) is 11.2. The van der Waals surface area contributed by atoms with Crippen molar-refractivity contribution in [3.8, 4) is 0 Å². The number of para-hydroxylation sites is 1. The Labute approximate surface area is 122 Å². The predicted molar refractivity (Wildman–Crippen MR) is 84.2 cm³/mol. The molecule has 4 rings (SSSR count). The molecule has 1 saturated heterocycles. The van der Waals surface area contributed by atoms with Gasteiger partial charge in [0.1, 0.15) is 0 Å². The average Bonchev–Trinajstić information content (AvgIpc) is 3.00. The fourth-order valence-electron chi connectivity index (χ4n) is 4.72. The molecular weight excluding hydrogens is 244 g/mol. The van der Waals surface area contributed by atoms with E-state index in [4.69, 9.17) is 0 Å². The second kappa shape index (κ2) is 5.07. The van der Waals surface area contributed by atoms with E-state index in [-0.39, 0.29) is 0 Å². The minimum Gasteiger partial charge on any atom is -0.367 e. The quantitative estimate of drug-likeness (QED) is 0.886. The predicted octanol–water partition coefficient (Wildman–Crippen LogP) is 3.36. The molecule has 0 aromatic heterocycles. The lowest BCUT2D eigenvalue weighted by atomic mass is 9.85. The van der Waals surface area contributed by atoms with Gasteiger partial charge in [-0.25, -0.2) is 0 Å². The minimum absolute atomic E-state index is 0.664. The van der Waals surface area contributed by atoms with E-state index < -0.39 is 0 Å². The van der Waals surface area contributed by atoms with Crippen molar-refractivity contribution >= 4 is 5.69 Å². The van der Waals surface area contributed by atoms with Gasteiger partial charge in [-0.15, -0.1) is 0 Å². The highest BCUT2D eigenvalue weighted by atomic mass is 15.2. The third kappa shape index (κ3) is 2.14. The highest BCUT2D eigenvalue weighted by molar-refractivity contribution is 5.59. The Morgan fingerprint density at radius 3 is 2.95 bits per heavy atom. The van der Waals surface area contributed by atoms with E-state index in [0.717, 1.165) is 12.0 Å². The normalized spacial score (nSPS) is 36.0. The standard InChI is InChI=1S/C18H26N2/c1-13-10-15-7-3-5-9-18(15)20(13)12-16-11-14-6-2-4-8-17(14)19-16/h3,5,7,9,13-14,16-17,19H,2,4,6,8,10-12H2,1H3. The maximum Gasteiger partial charge on any atom is 0.0402 e. The summed E-state index contributed by atoms with van der Waals surface area (Å²) in [5.74, 6) is 0.960. The Kier molecular flexibility index (Phi) is 3.22. The zero-order chi connectivity index (χ0) is 13.5. The number of fused-ring (bicyclic) bond motifs is 2. The van der Waals surface area contributed by atoms with E-state index in [1.54, 1.807) is 0 Å². The Bertz CT molecular complexity index is 470. The molecule has 4 atom stereocenters. The van der Waals surface area contributed by atoms with E-state index in [9.17, 15) is 0 Å². The number of benzene rings is 1. The van der Waals surface area contributed by atoms with Crippen LogP contribution in [0.1, 0.15) is 44.6 Å². The summed E-state index contributed by atoms with van der Waals surface area (Å²) in [6.07, 6.45) is 8.38. The number of hydrogen-bond acceptors (Lipinski definition) is 2. The van der Waals surface area contributed by atoms with Crippen molar-refractivity contribution in [1.29, 1.82) is 0 Å². The fraction of sp³-hybridized carbons (Fsp3) is 0.667. The van der Waals surface area contributed by atoms with Gasteiger partial charge in [0.25, 0.3) is 0 Å². The van der Waals surface area contributed by atoms with Gasteiger partial charge in [-0.05, 0) is 50.2 Å². The maximum atomic E-state index is 3.93. The highest BCUT2D eigenvalue weighted by Crippen LogP contribution is 2.36. The summed E-state index contributed by atoms with van der Waals surface area (Å²) in [5.41, 5.74) is 3.02. The van der Waals surface area contributed by atoms with Gasteiger partial charge >= 0.3 is 0 Å². The third-order valence-electron chi connectivity index (χ3n) is 5.71. The van der Waals surface area contributed by atoms with Gasteiger partial charge in [-0.3, -0.25) is 0 Å². The second-order valence-electron chi connectivity index (χ2n) is 7.08. The molecule has 3 aliphatic rings. The molecule has 0 amide bonds. The van der Waals surface area contributed by atoms with Crippen LogP contribution in [0, 0.1) is 5.92 Å². The first-order valence-corrected chi connectivity index (χ1v) is 8.42. The van der Waals surface area contributed by atoms with Crippen molar-refractivity contribution in [2.45, 2.75) is 63.6 Å². The first kappa shape index (κ1) is 12.7. The Morgan fingerprint density at radius 2 is 2.05 bits per heavy atom. The molecule has 108 valence electrons. The molecule has 20 heavy (non-hydrogen) atoms. The van der Waals surface area contributed by atoms with Crippen LogP contribution in [-0.4, -0.2) is 24.7 Å². The summed E-state index contributed by atoms with van der Waals surface area (Å²) in [5, 5.41) is 3.93.